The second-order valence-corrected chi connectivity index (χ2v) is 8.47. The van der Waals surface area contributed by atoms with Crippen molar-refractivity contribution in [2.24, 2.45) is 0 Å². The highest BCUT2D eigenvalue weighted by atomic mass is 32.2. The fraction of sp³-hybridized carbons (Fsp3) is 0.190. The van der Waals surface area contributed by atoms with Gasteiger partial charge in [0.2, 0.25) is 15.9 Å². The smallest absolute Gasteiger partial charge is 0.243 e. The SMILES string of the molecule is C[C@@H](C(=O)NCc1ccc2ccccc2c1)N(c1cccc(F)c1)S(C)(=O)=O. The lowest BCUT2D eigenvalue weighted by molar-refractivity contribution is -0.122. The number of carbonyl (C=O) groups is 1. The molecule has 5 nitrogen and oxygen atoms in total. The largest absolute Gasteiger partial charge is 0.350 e. The van der Waals surface area contributed by atoms with Gasteiger partial charge in [0, 0.05) is 6.54 Å². The highest BCUT2D eigenvalue weighted by Crippen LogP contribution is 2.22. The van der Waals surface area contributed by atoms with Crippen LogP contribution < -0.4 is 9.62 Å². The Bertz CT molecular complexity index is 1120. The van der Waals surface area contributed by atoms with Crippen LogP contribution in [0.4, 0.5) is 10.1 Å². The molecule has 0 saturated heterocycles. The summed E-state index contributed by atoms with van der Waals surface area (Å²) < 4.78 is 38.9. The Morgan fingerprint density at radius 3 is 2.43 bits per heavy atom. The Kier molecular flexibility index (Phi) is 5.65. The number of hydrogen-bond donors (Lipinski definition) is 1. The van der Waals surface area contributed by atoms with Gasteiger partial charge in [-0.1, -0.05) is 42.5 Å². The number of carbonyl (C=O) groups excluding carboxylic acids is 1. The Morgan fingerprint density at radius 2 is 1.75 bits per heavy atom. The predicted molar refractivity (Wildman–Crippen MR) is 109 cm³/mol. The van der Waals surface area contributed by atoms with Crippen LogP contribution in [-0.2, 0) is 21.4 Å². The quantitative estimate of drug-likeness (QED) is 0.689. The molecule has 0 aliphatic heterocycles. The molecule has 0 unspecified atom stereocenters. The fourth-order valence-electron chi connectivity index (χ4n) is 3.11. The molecular weight excluding hydrogens is 379 g/mol. The van der Waals surface area contributed by atoms with Gasteiger partial charge in [-0.25, -0.2) is 12.8 Å². The van der Waals surface area contributed by atoms with Crippen molar-refractivity contribution >= 4 is 32.4 Å². The molecule has 1 amide bonds. The Hall–Kier alpha value is -2.93. The Morgan fingerprint density at radius 1 is 1.04 bits per heavy atom. The molecular formula is C21H21FN2O3S. The average molecular weight is 400 g/mol. The van der Waals surface area contributed by atoms with Crippen molar-refractivity contribution in [3.8, 4) is 0 Å². The van der Waals surface area contributed by atoms with Crippen LogP contribution in [0.25, 0.3) is 10.8 Å². The molecule has 0 aromatic heterocycles. The standard InChI is InChI=1S/C21H21FN2O3S/c1-15(24(28(2,26)27)20-9-5-8-19(22)13-20)21(25)23-14-16-10-11-17-6-3-4-7-18(17)12-16/h3-13,15H,14H2,1-2H3,(H,23,25)/t15-/m0/s1. The summed E-state index contributed by atoms with van der Waals surface area (Å²) in [7, 11) is -3.78. The van der Waals surface area contributed by atoms with Gasteiger partial charge in [0.05, 0.1) is 11.9 Å². The first-order chi connectivity index (χ1) is 13.3. The second kappa shape index (κ2) is 7.98. The maximum absolute atomic E-state index is 13.6. The van der Waals surface area contributed by atoms with Crippen molar-refractivity contribution in [1.82, 2.24) is 5.32 Å². The number of benzene rings is 3. The molecule has 146 valence electrons. The molecule has 7 heteroatoms. The van der Waals surface area contributed by atoms with E-state index in [1.807, 2.05) is 42.5 Å². The lowest BCUT2D eigenvalue weighted by Gasteiger charge is -2.28. The molecule has 3 rings (SSSR count). The topological polar surface area (TPSA) is 66.5 Å². The van der Waals surface area contributed by atoms with Crippen molar-refractivity contribution in [3.05, 3.63) is 78.1 Å². The normalized spacial score (nSPS) is 12.5. The maximum Gasteiger partial charge on any atom is 0.243 e. The van der Waals surface area contributed by atoms with Crippen LogP contribution in [0.3, 0.4) is 0 Å². The number of nitrogens with one attached hydrogen (secondary N) is 1. The molecule has 3 aromatic rings. The van der Waals surface area contributed by atoms with Crippen molar-refractivity contribution in [3.63, 3.8) is 0 Å². The van der Waals surface area contributed by atoms with Crippen LogP contribution in [0, 0.1) is 5.82 Å². The van der Waals surface area contributed by atoms with E-state index >= 15 is 0 Å². The van der Waals surface area contributed by atoms with E-state index in [2.05, 4.69) is 5.32 Å². The number of nitrogens with zero attached hydrogens (tertiary/aromatic N) is 1. The van der Waals surface area contributed by atoms with Gasteiger partial charge in [-0.05, 0) is 47.5 Å². The summed E-state index contributed by atoms with van der Waals surface area (Å²) in [5.41, 5.74) is 1.01. The van der Waals surface area contributed by atoms with Crippen molar-refractivity contribution in [2.75, 3.05) is 10.6 Å². The van der Waals surface area contributed by atoms with Crippen LogP contribution in [0.5, 0.6) is 0 Å². The van der Waals surface area contributed by atoms with Gasteiger partial charge in [0.15, 0.2) is 0 Å². The molecule has 0 heterocycles. The lowest BCUT2D eigenvalue weighted by Crippen LogP contribution is -2.47. The van der Waals surface area contributed by atoms with Gasteiger partial charge in [-0.3, -0.25) is 9.10 Å². The first kappa shape index (κ1) is 19.8. The minimum atomic E-state index is -3.78. The van der Waals surface area contributed by atoms with Gasteiger partial charge in [-0.2, -0.15) is 0 Å². The Balaban J connectivity index is 1.77. The predicted octanol–water partition coefficient (Wildman–Crippen LogP) is 3.45. The average Bonchev–Trinajstić information content (AvgIpc) is 2.65. The monoisotopic (exact) mass is 400 g/mol. The maximum atomic E-state index is 13.6. The molecule has 0 radical (unpaired) electrons. The first-order valence-corrected chi connectivity index (χ1v) is 10.6. The van der Waals surface area contributed by atoms with Gasteiger partial charge < -0.3 is 5.32 Å². The van der Waals surface area contributed by atoms with Crippen LogP contribution in [0.1, 0.15) is 12.5 Å². The van der Waals surface area contributed by atoms with E-state index in [4.69, 9.17) is 0 Å². The van der Waals surface area contributed by atoms with Crippen molar-refractivity contribution in [1.29, 1.82) is 0 Å². The molecule has 0 aliphatic carbocycles. The third kappa shape index (κ3) is 4.48. The highest BCUT2D eigenvalue weighted by Gasteiger charge is 2.29. The van der Waals surface area contributed by atoms with Crippen LogP contribution in [0.15, 0.2) is 66.7 Å². The number of fused-ring (bicyclic) bond motifs is 1. The minimum Gasteiger partial charge on any atom is -0.350 e. The molecule has 0 spiro atoms. The fourth-order valence-corrected chi connectivity index (χ4v) is 4.27. The van der Waals surface area contributed by atoms with E-state index < -0.39 is 27.8 Å². The molecule has 0 saturated carbocycles. The summed E-state index contributed by atoms with van der Waals surface area (Å²) in [5.74, 6) is -1.04. The van der Waals surface area contributed by atoms with E-state index in [-0.39, 0.29) is 12.2 Å². The third-order valence-corrected chi connectivity index (χ3v) is 5.67. The van der Waals surface area contributed by atoms with E-state index in [0.29, 0.717) is 0 Å². The van der Waals surface area contributed by atoms with Crippen molar-refractivity contribution in [2.45, 2.75) is 19.5 Å². The Labute approximate surface area is 163 Å². The molecule has 28 heavy (non-hydrogen) atoms. The molecule has 1 N–H and O–H groups in total. The summed E-state index contributed by atoms with van der Waals surface area (Å²) >= 11 is 0. The third-order valence-electron chi connectivity index (χ3n) is 4.43. The number of rotatable bonds is 6. The highest BCUT2D eigenvalue weighted by molar-refractivity contribution is 7.92. The van der Waals surface area contributed by atoms with Crippen molar-refractivity contribution < 1.29 is 17.6 Å². The number of halogens is 1. The second-order valence-electron chi connectivity index (χ2n) is 6.61. The summed E-state index contributed by atoms with van der Waals surface area (Å²) in [6.07, 6.45) is 0.991. The summed E-state index contributed by atoms with van der Waals surface area (Å²) in [5, 5.41) is 4.91. The van der Waals surface area contributed by atoms with E-state index in [1.165, 1.54) is 25.1 Å². The number of anilines is 1. The zero-order chi connectivity index (χ0) is 20.3. The number of sulfonamides is 1. The van der Waals surface area contributed by atoms with E-state index in [1.54, 1.807) is 0 Å². The number of amides is 1. The van der Waals surface area contributed by atoms with Crippen LogP contribution >= 0.6 is 0 Å². The minimum absolute atomic E-state index is 0.107. The van der Waals surface area contributed by atoms with Gasteiger partial charge in [-0.15, -0.1) is 0 Å². The van der Waals surface area contributed by atoms with Gasteiger partial charge in [0.25, 0.3) is 0 Å². The molecule has 0 aliphatic rings. The number of hydrogen-bond acceptors (Lipinski definition) is 3. The lowest BCUT2D eigenvalue weighted by atomic mass is 10.1. The van der Waals surface area contributed by atoms with Gasteiger partial charge >= 0.3 is 0 Å². The van der Waals surface area contributed by atoms with Crippen LogP contribution in [-0.4, -0.2) is 26.6 Å². The summed E-state index contributed by atoms with van der Waals surface area (Å²) in [4.78, 5) is 12.6. The van der Waals surface area contributed by atoms with E-state index in [9.17, 15) is 17.6 Å². The molecule has 0 bridgehead atoms. The summed E-state index contributed by atoms with van der Waals surface area (Å²) in [6.45, 7) is 1.73. The molecule has 1 atom stereocenters. The zero-order valence-corrected chi connectivity index (χ0v) is 16.4. The van der Waals surface area contributed by atoms with E-state index in [0.717, 1.165) is 33.0 Å². The molecule has 3 aromatic carbocycles. The zero-order valence-electron chi connectivity index (χ0n) is 15.6. The molecule has 0 fully saturated rings. The summed E-state index contributed by atoms with van der Waals surface area (Å²) in [6, 6.07) is 17.9. The first-order valence-electron chi connectivity index (χ1n) is 8.76. The van der Waals surface area contributed by atoms with Crippen LogP contribution in [0.2, 0.25) is 0 Å². The van der Waals surface area contributed by atoms with Gasteiger partial charge in [0.1, 0.15) is 11.9 Å².